The molecule has 0 saturated heterocycles. The fourth-order valence-electron chi connectivity index (χ4n) is 1.29. The van der Waals surface area contributed by atoms with Crippen LogP contribution in [0, 0.1) is 0 Å². The second-order valence-corrected chi connectivity index (χ2v) is 2.89. The van der Waals surface area contributed by atoms with Crippen LogP contribution in [0.2, 0.25) is 0 Å². The topological polar surface area (TPSA) is 6.48 Å². The second kappa shape index (κ2) is 2.30. The van der Waals surface area contributed by atoms with Crippen LogP contribution in [-0.4, -0.2) is 24.9 Å². The van der Waals surface area contributed by atoms with E-state index in [0.717, 1.165) is 16.9 Å². The minimum Gasteiger partial charge on any atom is -0.285 e. The molecular weight excluding hydrogens is 147 g/mol. The Labute approximate surface area is 73.5 Å². The Hall–Kier alpha value is -1.38. The first-order valence-electron chi connectivity index (χ1n) is 3.77. The Morgan fingerprint density at radius 3 is 2.92 bits per heavy atom. The zero-order valence-corrected chi connectivity index (χ0v) is 6.99. The Morgan fingerprint density at radius 2 is 2.17 bits per heavy atom. The van der Waals surface area contributed by atoms with Crippen molar-refractivity contribution in [2.75, 3.05) is 7.05 Å². The average molecular weight is 156 g/mol. The lowest BCUT2D eigenvalue weighted by Crippen LogP contribution is -2.29. The van der Waals surface area contributed by atoms with Gasteiger partial charge in [-0.2, -0.15) is 0 Å². The minimum atomic E-state index is 0.758. The summed E-state index contributed by atoms with van der Waals surface area (Å²) in [6.07, 6.45) is 7.75. The normalized spacial score (nSPS) is 20.9. The summed E-state index contributed by atoms with van der Waals surface area (Å²) < 4.78 is 0. The van der Waals surface area contributed by atoms with E-state index in [1.54, 1.807) is 0 Å². The maximum atomic E-state index is 5.65. The van der Waals surface area contributed by atoms with Crippen molar-refractivity contribution in [3.8, 4) is 0 Å². The molecule has 2 aliphatic heterocycles. The summed E-state index contributed by atoms with van der Waals surface area (Å²) in [5, 5.41) is 3.92. The molecule has 2 aliphatic rings. The van der Waals surface area contributed by atoms with Gasteiger partial charge in [-0.1, -0.05) is 18.1 Å². The molecule has 2 rings (SSSR count). The Morgan fingerprint density at radius 1 is 1.42 bits per heavy atom. The summed E-state index contributed by atoms with van der Waals surface area (Å²) in [6, 6.07) is 0. The lowest BCUT2D eigenvalue weighted by atomic mass is 9.95. The third kappa shape index (κ3) is 0.898. The van der Waals surface area contributed by atoms with Crippen molar-refractivity contribution < 1.29 is 0 Å². The van der Waals surface area contributed by atoms with Crippen molar-refractivity contribution in [3.05, 3.63) is 47.9 Å². The van der Waals surface area contributed by atoms with Gasteiger partial charge in [0.1, 0.15) is 7.85 Å². The van der Waals surface area contributed by atoms with Crippen LogP contribution in [0.4, 0.5) is 0 Å². The maximum Gasteiger partial charge on any atom is 0.115 e. The summed E-state index contributed by atoms with van der Waals surface area (Å²) in [6.45, 7) is 3.89. The first-order chi connectivity index (χ1) is 5.68. The van der Waals surface area contributed by atoms with Crippen molar-refractivity contribution >= 4 is 7.85 Å². The molecule has 0 spiro atoms. The molecule has 0 aromatic carbocycles. The molecule has 2 heterocycles. The van der Waals surface area contributed by atoms with Crippen LogP contribution in [0.25, 0.3) is 0 Å². The fourth-order valence-corrected chi connectivity index (χ4v) is 1.29. The molecule has 0 atom stereocenters. The van der Waals surface area contributed by atoms with Gasteiger partial charge in [-0.25, -0.2) is 0 Å². The Balaban J connectivity index is 2.40. The van der Waals surface area contributed by atoms with Gasteiger partial charge in [0.25, 0.3) is 0 Å². The molecule has 0 amide bonds. The predicted molar refractivity (Wildman–Crippen MR) is 49.8 cm³/mol. The van der Waals surface area contributed by atoms with Gasteiger partial charge in [-0.15, -0.1) is 0 Å². The summed E-state index contributed by atoms with van der Waals surface area (Å²) in [5.74, 6) is 0. The molecule has 0 aromatic rings. The second-order valence-electron chi connectivity index (χ2n) is 2.89. The highest BCUT2D eigenvalue weighted by molar-refractivity contribution is 6.23. The van der Waals surface area contributed by atoms with Crippen LogP contribution in [0.3, 0.4) is 0 Å². The zero-order chi connectivity index (χ0) is 8.72. The third-order valence-corrected chi connectivity index (χ3v) is 2.04. The van der Waals surface area contributed by atoms with Gasteiger partial charge in [0.15, 0.2) is 0 Å². The lowest BCUT2D eigenvalue weighted by molar-refractivity contribution is 0.165. The van der Waals surface area contributed by atoms with Gasteiger partial charge < -0.3 is 0 Å². The molecule has 0 unspecified atom stereocenters. The molecule has 2 nitrogen and oxygen atoms in total. The highest BCUT2D eigenvalue weighted by Crippen LogP contribution is 2.26. The van der Waals surface area contributed by atoms with Crippen LogP contribution in [0.15, 0.2) is 47.9 Å². The van der Waals surface area contributed by atoms with Crippen LogP contribution in [0.5, 0.6) is 0 Å². The Bertz CT molecular complexity index is 325. The Kier molecular flexibility index (Phi) is 1.40. The van der Waals surface area contributed by atoms with Gasteiger partial charge in [-0.05, 0) is 12.2 Å². The minimum absolute atomic E-state index is 0.758. The van der Waals surface area contributed by atoms with E-state index in [0.29, 0.717) is 0 Å². The molecule has 0 saturated carbocycles. The van der Waals surface area contributed by atoms with Gasteiger partial charge in [0, 0.05) is 13.2 Å². The molecule has 0 bridgehead atoms. The molecular formula is C9H9BN2. The van der Waals surface area contributed by atoms with Crippen LogP contribution in [-0.2, 0) is 0 Å². The predicted octanol–water partition coefficient (Wildman–Crippen LogP) is 1.13. The van der Waals surface area contributed by atoms with Gasteiger partial charge in [0.2, 0.25) is 0 Å². The summed E-state index contributed by atoms with van der Waals surface area (Å²) in [7, 11) is 7.60. The van der Waals surface area contributed by atoms with Gasteiger partial charge in [0.05, 0.1) is 11.4 Å². The van der Waals surface area contributed by atoms with E-state index in [4.69, 9.17) is 7.85 Å². The van der Waals surface area contributed by atoms with Gasteiger partial charge in [-0.3, -0.25) is 10.0 Å². The number of fused-ring (bicyclic) bond motifs is 1. The third-order valence-electron chi connectivity index (χ3n) is 2.04. The molecule has 0 N–H and O–H groups in total. The fraction of sp³-hybridized carbons (Fsp3) is 0.111. The van der Waals surface area contributed by atoms with E-state index in [1.165, 1.54) is 0 Å². The van der Waals surface area contributed by atoms with Crippen molar-refractivity contribution in [1.29, 1.82) is 0 Å². The standard InChI is InChI=1S/C9H9BN2/c1-7-5-9-4-3-8(10)6-12(9)11(7)2/h3-6H,1H2,2H3. The number of likely N-dealkylation sites (N-methyl/N-ethyl adjacent to an activating group) is 1. The monoisotopic (exact) mass is 156 g/mol. The SMILES string of the molecule is [B]C1=CN2C(=CC(=C)N2C)C=C1. The number of rotatable bonds is 0. The molecule has 58 valence electrons. The number of hydrazine groups is 1. The largest absolute Gasteiger partial charge is 0.285 e. The number of nitrogens with zero attached hydrogens (tertiary/aromatic N) is 2. The van der Waals surface area contributed by atoms with Crippen molar-refractivity contribution in [2.24, 2.45) is 0 Å². The lowest BCUT2D eigenvalue weighted by Gasteiger charge is -2.29. The van der Waals surface area contributed by atoms with Crippen molar-refractivity contribution in [1.82, 2.24) is 10.0 Å². The van der Waals surface area contributed by atoms with E-state index in [9.17, 15) is 0 Å². The van der Waals surface area contributed by atoms with Crippen molar-refractivity contribution in [3.63, 3.8) is 0 Å². The first kappa shape index (κ1) is 7.28. The summed E-state index contributed by atoms with van der Waals surface area (Å²) in [4.78, 5) is 0. The number of allylic oxidation sites excluding steroid dienone is 4. The van der Waals surface area contributed by atoms with E-state index in [-0.39, 0.29) is 0 Å². The van der Waals surface area contributed by atoms with E-state index >= 15 is 0 Å². The maximum absolute atomic E-state index is 5.65. The van der Waals surface area contributed by atoms with E-state index < -0.39 is 0 Å². The van der Waals surface area contributed by atoms with Gasteiger partial charge >= 0.3 is 0 Å². The average Bonchev–Trinajstić information content (AvgIpc) is 2.31. The van der Waals surface area contributed by atoms with Crippen molar-refractivity contribution in [2.45, 2.75) is 0 Å². The van der Waals surface area contributed by atoms with E-state index in [2.05, 4.69) is 6.58 Å². The zero-order valence-electron chi connectivity index (χ0n) is 6.99. The molecule has 0 aliphatic carbocycles. The smallest absolute Gasteiger partial charge is 0.115 e. The highest BCUT2D eigenvalue weighted by atomic mass is 15.6. The van der Waals surface area contributed by atoms with E-state index in [1.807, 2.05) is 41.5 Å². The van der Waals surface area contributed by atoms with Crippen LogP contribution in [0.1, 0.15) is 0 Å². The quantitative estimate of drug-likeness (QED) is 0.485. The number of hydrogen-bond donors (Lipinski definition) is 0. The number of hydrogen-bond acceptors (Lipinski definition) is 2. The summed E-state index contributed by atoms with van der Waals surface area (Å²) in [5.41, 5.74) is 2.84. The molecule has 0 fully saturated rings. The molecule has 3 heteroatoms. The summed E-state index contributed by atoms with van der Waals surface area (Å²) >= 11 is 0. The first-order valence-corrected chi connectivity index (χ1v) is 3.77. The molecule has 12 heavy (non-hydrogen) atoms. The van der Waals surface area contributed by atoms with Crippen LogP contribution >= 0.6 is 0 Å². The molecule has 2 radical (unpaired) electrons. The highest BCUT2D eigenvalue weighted by Gasteiger charge is 2.20. The van der Waals surface area contributed by atoms with Crippen LogP contribution < -0.4 is 0 Å². The molecule has 0 aromatic heterocycles.